The third-order valence-corrected chi connectivity index (χ3v) is 3.70. The number of fused-ring (bicyclic) bond motifs is 3. The van der Waals surface area contributed by atoms with Crippen LogP contribution in [0.1, 0.15) is 26.3 Å². The Morgan fingerprint density at radius 1 is 1.53 bits per heavy atom. The number of hydrogen-bond acceptors (Lipinski definition) is 3. The van der Waals surface area contributed by atoms with Crippen LogP contribution in [0, 0.1) is 5.92 Å². The van der Waals surface area contributed by atoms with E-state index < -0.39 is 0 Å². The summed E-state index contributed by atoms with van der Waals surface area (Å²) < 4.78 is 2.14. The second-order valence-electron chi connectivity index (χ2n) is 4.90. The van der Waals surface area contributed by atoms with Crippen molar-refractivity contribution in [3.05, 3.63) is 18.2 Å². The Kier molecular flexibility index (Phi) is 2.24. The zero-order chi connectivity index (χ0) is 12.0. The average Bonchev–Trinajstić information content (AvgIpc) is 2.66. The lowest BCUT2D eigenvalue weighted by atomic mass is 9.98. The molecule has 0 radical (unpaired) electrons. The normalized spacial score (nSPS) is 23.4. The first-order valence-corrected chi connectivity index (χ1v) is 6.22. The zero-order valence-corrected chi connectivity index (χ0v) is 10.3. The molecule has 1 aromatic carbocycles. The fourth-order valence-corrected chi connectivity index (χ4v) is 2.75. The van der Waals surface area contributed by atoms with Gasteiger partial charge in [-0.15, -0.1) is 0 Å². The molecular formula is C13H18N4. The topological polar surface area (TPSA) is 55.9 Å². The first-order valence-electron chi connectivity index (χ1n) is 6.22. The van der Waals surface area contributed by atoms with Gasteiger partial charge in [-0.25, -0.2) is 4.68 Å². The molecule has 1 aromatic heterocycles. The van der Waals surface area contributed by atoms with Crippen LogP contribution in [-0.2, 0) is 0 Å². The maximum Gasteiger partial charge on any atom is 0.132 e. The number of benzene rings is 1. The van der Waals surface area contributed by atoms with Crippen molar-refractivity contribution in [3.8, 4) is 0 Å². The van der Waals surface area contributed by atoms with Crippen molar-refractivity contribution in [1.29, 1.82) is 0 Å². The first-order chi connectivity index (χ1) is 8.20. The SMILES string of the molecule is CCC1C(C)CNc2c3ccc(N)cc3nn21. The number of aromatic nitrogens is 2. The molecule has 3 N–H and O–H groups in total. The molecule has 2 unspecified atom stereocenters. The summed E-state index contributed by atoms with van der Waals surface area (Å²) >= 11 is 0. The summed E-state index contributed by atoms with van der Waals surface area (Å²) in [5.41, 5.74) is 7.56. The van der Waals surface area contributed by atoms with E-state index in [4.69, 9.17) is 10.8 Å². The predicted octanol–water partition coefficient (Wildman–Crippen LogP) is 2.63. The third kappa shape index (κ3) is 1.47. The van der Waals surface area contributed by atoms with Crippen LogP contribution >= 0.6 is 0 Å². The lowest BCUT2D eigenvalue weighted by Gasteiger charge is -2.30. The molecule has 4 heteroatoms. The molecule has 0 bridgehead atoms. The summed E-state index contributed by atoms with van der Waals surface area (Å²) in [4.78, 5) is 0. The Hall–Kier alpha value is -1.71. The molecule has 1 aliphatic heterocycles. The highest BCUT2D eigenvalue weighted by molar-refractivity contribution is 5.92. The van der Waals surface area contributed by atoms with E-state index in [0.717, 1.165) is 30.0 Å². The van der Waals surface area contributed by atoms with Crippen molar-refractivity contribution in [2.24, 2.45) is 5.92 Å². The molecular weight excluding hydrogens is 212 g/mol. The monoisotopic (exact) mass is 230 g/mol. The van der Waals surface area contributed by atoms with Crippen LogP contribution in [0.25, 0.3) is 10.9 Å². The molecule has 4 nitrogen and oxygen atoms in total. The highest BCUT2D eigenvalue weighted by atomic mass is 15.4. The number of nitrogens with zero attached hydrogens (tertiary/aromatic N) is 2. The van der Waals surface area contributed by atoms with E-state index in [2.05, 4.69) is 29.9 Å². The maximum absolute atomic E-state index is 5.81. The molecule has 0 saturated heterocycles. The summed E-state index contributed by atoms with van der Waals surface area (Å²) in [5.74, 6) is 1.75. The zero-order valence-electron chi connectivity index (χ0n) is 10.3. The summed E-state index contributed by atoms with van der Waals surface area (Å²) in [7, 11) is 0. The second-order valence-corrected chi connectivity index (χ2v) is 4.90. The fourth-order valence-electron chi connectivity index (χ4n) is 2.75. The van der Waals surface area contributed by atoms with E-state index in [1.165, 1.54) is 5.39 Å². The standard InChI is InChI=1S/C13H18N4/c1-3-12-8(2)7-15-13-10-5-4-9(14)6-11(10)16-17(12)13/h4-6,8,12,15H,3,7,14H2,1-2H3. The van der Waals surface area contributed by atoms with Crippen molar-refractivity contribution in [2.75, 3.05) is 17.6 Å². The van der Waals surface area contributed by atoms with Gasteiger partial charge in [0.2, 0.25) is 0 Å². The van der Waals surface area contributed by atoms with E-state index in [1.54, 1.807) is 0 Å². The Morgan fingerprint density at radius 3 is 3.12 bits per heavy atom. The Bertz CT molecular complexity index is 558. The lowest BCUT2D eigenvalue weighted by Crippen LogP contribution is -2.30. The fraction of sp³-hybridized carbons (Fsp3) is 0.462. The van der Waals surface area contributed by atoms with E-state index in [1.807, 2.05) is 12.1 Å². The van der Waals surface area contributed by atoms with Crippen LogP contribution in [0.4, 0.5) is 11.5 Å². The highest BCUT2D eigenvalue weighted by Crippen LogP contribution is 2.35. The van der Waals surface area contributed by atoms with Crippen molar-refractivity contribution >= 4 is 22.4 Å². The molecule has 0 amide bonds. The quantitative estimate of drug-likeness (QED) is 0.740. The van der Waals surface area contributed by atoms with Gasteiger partial charge in [0.25, 0.3) is 0 Å². The minimum atomic E-state index is 0.486. The Balaban J connectivity index is 2.22. The number of nitrogens with one attached hydrogen (secondary N) is 1. The van der Waals surface area contributed by atoms with Gasteiger partial charge in [0.05, 0.1) is 11.6 Å². The minimum Gasteiger partial charge on any atom is -0.399 e. The van der Waals surface area contributed by atoms with E-state index in [9.17, 15) is 0 Å². The molecule has 0 fully saturated rings. The van der Waals surface area contributed by atoms with Gasteiger partial charge in [-0.3, -0.25) is 0 Å². The summed E-state index contributed by atoms with van der Waals surface area (Å²) in [6.07, 6.45) is 1.11. The smallest absolute Gasteiger partial charge is 0.132 e. The summed E-state index contributed by atoms with van der Waals surface area (Å²) in [5, 5.41) is 9.34. The largest absolute Gasteiger partial charge is 0.399 e. The number of hydrogen-bond donors (Lipinski definition) is 2. The van der Waals surface area contributed by atoms with Crippen LogP contribution in [0.3, 0.4) is 0 Å². The van der Waals surface area contributed by atoms with E-state index in [0.29, 0.717) is 12.0 Å². The minimum absolute atomic E-state index is 0.486. The first kappa shape index (κ1) is 10.4. The van der Waals surface area contributed by atoms with Gasteiger partial charge in [-0.05, 0) is 30.5 Å². The predicted molar refractivity (Wildman–Crippen MR) is 71.1 cm³/mol. The third-order valence-electron chi connectivity index (χ3n) is 3.70. The Labute approximate surface area is 101 Å². The van der Waals surface area contributed by atoms with Gasteiger partial charge in [-0.1, -0.05) is 13.8 Å². The lowest BCUT2D eigenvalue weighted by molar-refractivity contribution is 0.315. The molecule has 1 aliphatic rings. The highest BCUT2D eigenvalue weighted by Gasteiger charge is 2.27. The van der Waals surface area contributed by atoms with Gasteiger partial charge >= 0.3 is 0 Å². The number of anilines is 2. The van der Waals surface area contributed by atoms with Crippen LogP contribution in [0.2, 0.25) is 0 Å². The van der Waals surface area contributed by atoms with E-state index in [-0.39, 0.29) is 0 Å². The van der Waals surface area contributed by atoms with Crippen LogP contribution in [0.5, 0.6) is 0 Å². The molecule has 2 aromatic rings. The Morgan fingerprint density at radius 2 is 2.35 bits per heavy atom. The molecule has 0 saturated carbocycles. The van der Waals surface area contributed by atoms with Crippen molar-refractivity contribution in [3.63, 3.8) is 0 Å². The molecule has 2 heterocycles. The molecule has 0 aliphatic carbocycles. The molecule has 90 valence electrons. The van der Waals surface area contributed by atoms with Gasteiger partial charge in [0, 0.05) is 17.6 Å². The number of nitrogen functional groups attached to an aromatic ring is 1. The van der Waals surface area contributed by atoms with Gasteiger partial charge in [-0.2, -0.15) is 5.10 Å². The second kappa shape index (κ2) is 3.65. The molecule has 3 rings (SSSR count). The van der Waals surface area contributed by atoms with Gasteiger partial charge in [0.1, 0.15) is 5.82 Å². The van der Waals surface area contributed by atoms with Crippen LogP contribution in [-0.4, -0.2) is 16.3 Å². The van der Waals surface area contributed by atoms with Gasteiger partial charge < -0.3 is 11.1 Å². The number of rotatable bonds is 1. The van der Waals surface area contributed by atoms with Crippen molar-refractivity contribution in [1.82, 2.24) is 9.78 Å². The van der Waals surface area contributed by atoms with Crippen molar-refractivity contribution in [2.45, 2.75) is 26.3 Å². The van der Waals surface area contributed by atoms with E-state index >= 15 is 0 Å². The van der Waals surface area contributed by atoms with Crippen molar-refractivity contribution < 1.29 is 0 Å². The molecule has 0 spiro atoms. The molecule has 17 heavy (non-hydrogen) atoms. The summed E-state index contributed by atoms with van der Waals surface area (Å²) in [6.45, 7) is 5.51. The number of nitrogens with two attached hydrogens (primary N) is 1. The maximum atomic E-state index is 5.81. The van der Waals surface area contributed by atoms with Crippen LogP contribution < -0.4 is 11.1 Å². The molecule has 2 atom stereocenters. The summed E-state index contributed by atoms with van der Waals surface area (Å²) in [6, 6.07) is 6.42. The average molecular weight is 230 g/mol. The van der Waals surface area contributed by atoms with Gasteiger partial charge in [0.15, 0.2) is 0 Å². The van der Waals surface area contributed by atoms with Crippen LogP contribution in [0.15, 0.2) is 18.2 Å².